The fourth-order valence-corrected chi connectivity index (χ4v) is 4.63. The quantitative estimate of drug-likeness (QED) is 0.768. The highest BCUT2D eigenvalue weighted by Gasteiger charge is 2.26. The van der Waals surface area contributed by atoms with E-state index in [1.807, 2.05) is 6.92 Å². The van der Waals surface area contributed by atoms with Crippen molar-refractivity contribution in [3.8, 4) is 0 Å². The van der Waals surface area contributed by atoms with E-state index in [2.05, 4.69) is 10.6 Å². The average molecular weight is 408 g/mol. The van der Waals surface area contributed by atoms with Crippen molar-refractivity contribution in [2.45, 2.75) is 24.7 Å². The molecule has 1 amide bonds. The van der Waals surface area contributed by atoms with E-state index in [9.17, 15) is 13.2 Å². The van der Waals surface area contributed by atoms with E-state index in [1.54, 1.807) is 42.5 Å². The maximum atomic E-state index is 12.5. The molecule has 2 N–H and O–H groups in total. The second-order valence-corrected chi connectivity index (χ2v) is 8.79. The molecule has 0 spiro atoms. The van der Waals surface area contributed by atoms with Crippen LogP contribution in [0.5, 0.6) is 0 Å². The number of sulfonamides is 1. The van der Waals surface area contributed by atoms with Gasteiger partial charge in [-0.15, -0.1) is 0 Å². The number of anilines is 2. The molecule has 1 heterocycles. The first-order valence-electron chi connectivity index (χ1n) is 8.77. The second-order valence-electron chi connectivity index (χ2n) is 6.45. The van der Waals surface area contributed by atoms with Crippen LogP contribution in [0.4, 0.5) is 11.4 Å². The van der Waals surface area contributed by atoms with E-state index in [-0.39, 0.29) is 17.3 Å². The van der Waals surface area contributed by atoms with Gasteiger partial charge >= 0.3 is 0 Å². The monoisotopic (exact) mass is 407 g/mol. The number of halogens is 1. The fourth-order valence-electron chi connectivity index (χ4n) is 2.94. The van der Waals surface area contributed by atoms with Gasteiger partial charge in [0.15, 0.2) is 0 Å². The first-order valence-corrected chi connectivity index (χ1v) is 10.6. The summed E-state index contributed by atoms with van der Waals surface area (Å²) in [5, 5.41) is 6.39. The molecule has 0 bridgehead atoms. The zero-order valence-electron chi connectivity index (χ0n) is 15.0. The van der Waals surface area contributed by atoms with Crippen molar-refractivity contribution in [3.63, 3.8) is 0 Å². The maximum Gasteiger partial charge on any atom is 0.243 e. The number of amides is 1. The molecule has 1 aliphatic rings. The van der Waals surface area contributed by atoms with E-state index >= 15 is 0 Å². The predicted molar refractivity (Wildman–Crippen MR) is 108 cm³/mol. The largest absolute Gasteiger partial charge is 0.376 e. The molecule has 3 rings (SSSR count). The lowest BCUT2D eigenvalue weighted by molar-refractivity contribution is -0.114. The minimum absolute atomic E-state index is 0.0597. The SMILES string of the molecule is Cc1c(Cl)cccc1NC(=O)CNc1ccc(S(=O)(=O)N2CCCC2)cc1. The predicted octanol–water partition coefficient (Wildman–Crippen LogP) is 3.48. The van der Waals surface area contributed by atoms with Crippen molar-refractivity contribution in [2.24, 2.45) is 0 Å². The Labute approximate surface area is 164 Å². The van der Waals surface area contributed by atoms with Crippen molar-refractivity contribution >= 4 is 38.9 Å². The van der Waals surface area contributed by atoms with E-state index < -0.39 is 10.0 Å². The molecule has 0 aliphatic carbocycles. The van der Waals surface area contributed by atoms with Gasteiger partial charge < -0.3 is 10.6 Å². The van der Waals surface area contributed by atoms with Crippen molar-refractivity contribution in [1.82, 2.24) is 4.31 Å². The molecule has 0 saturated carbocycles. The highest BCUT2D eigenvalue weighted by molar-refractivity contribution is 7.89. The molecule has 0 atom stereocenters. The summed E-state index contributed by atoms with van der Waals surface area (Å²) in [5.41, 5.74) is 2.15. The number of hydrogen-bond donors (Lipinski definition) is 2. The van der Waals surface area contributed by atoms with Gasteiger partial charge in [0.2, 0.25) is 15.9 Å². The molecule has 2 aromatic rings. The van der Waals surface area contributed by atoms with Crippen LogP contribution in [0.3, 0.4) is 0 Å². The number of carbonyl (C=O) groups excluding carboxylic acids is 1. The standard InChI is InChI=1S/C19H22ClN3O3S/c1-14-17(20)5-4-6-18(14)22-19(24)13-21-15-7-9-16(10-8-15)27(25,26)23-11-2-3-12-23/h4-10,21H,2-3,11-13H2,1H3,(H,22,24). The van der Waals surface area contributed by atoms with Crippen molar-refractivity contribution in [3.05, 3.63) is 53.1 Å². The lowest BCUT2D eigenvalue weighted by Crippen LogP contribution is -2.27. The molecule has 8 heteroatoms. The molecule has 27 heavy (non-hydrogen) atoms. The van der Waals surface area contributed by atoms with E-state index in [0.717, 1.165) is 18.4 Å². The second kappa shape index (κ2) is 8.29. The highest BCUT2D eigenvalue weighted by atomic mass is 35.5. The number of nitrogens with zero attached hydrogens (tertiary/aromatic N) is 1. The van der Waals surface area contributed by atoms with Crippen LogP contribution in [0.2, 0.25) is 5.02 Å². The zero-order chi connectivity index (χ0) is 19.4. The molecule has 144 valence electrons. The molecule has 2 aromatic carbocycles. The third-order valence-corrected chi connectivity index (χ3v) is 6.87. The van der Waals surface area contributed by atoms with Crippen LogP contribution in [0.25, 0.3) is 0 Å². The number of carbonyl (C=O) groups is 1. The Morgan fingerprint density at radius 2 is 1.78 bits per heavy atom. The Morgan fingerprint density at radius 1 is 1.11 bits per heavy atom. The summed E-state index contributed by atoms with van der Waals surface area (Å²) in [6.45, 7) is 3.05. The van der Waals surface area contributed by atoms with Crippen LogP contribution in [0.1, 0.15) is 18.4 Å². The molecule has 6 nitrogen and oxygen atoms in total. The molecule has 0 radical (unpaired) electrons. The summed E-state index contributed by atoms with van der Waals surface area (Å²) in [6.07, 6.45) is 1.81. The first-order chi connectivity index (χ1) is 12.9. The van der Waals surface area contributed by atoms with Crippen LogP contribution in [-0.4, -0.2) is 38.3 Å². The van der Waals surface area contributed by atoms with E-state index in [1.165, 1.54) is 4.31 Å². The van der Waals surface area contributed by atoms with Crippen LogP contribution in [0.15, 0.2) is 47.4 Å². The Kier molecular flexibility index (Phi) is 6.04. The molecular weight excluding hydrogens is 386 g/mol. The summed E-state index contributed by atoms with van der Waals surface area (Å²) in [5.74, 6) is -0.214. The zero-order valence-corrected chi connectivity index (χ0v) is 16.6. The summed E-state index contributed by atoms with van der Waals surface area (Å²) in [4.78, 5) is 12.4. The Hall–Kier alpha value is -2.09. The molecule has 0 aromatic heterocycles. The number of benzene rings is 2. The van der Waals surface area contributed by atoms with Gasteiger partial charge in [-0.05, 0) is 61.7 Å². The summed E-state index contributed by atoms with van der Waals surface area (Å²) >= 11 is 6.05. The maximum absolute atomic E-state index is 12.5. The minimum atomic E-state index is -3.42. The van der Waals surface area contributed by atoms with Crippen molar-refractivity contribution in [2.75, 3.05) is 30.3 Å². The van der Waals surface area contributed by atoms with Gasteiger partial charge in [0.25, 0.3) is 0 Å². The van der Waals surface area contributed by atoms with Gasteiger partial charge in [0.05, 0.1) is 11.4 Å². The number of hydrogen-bond acceptors (Lipinski definition) is 4. The number of nitrogens with one attached hydrogen (secondary N) is 2. The third-order valence-electron chi connectivity index (χ3n) is 4.55. The Bertz CT molecular complexity index is 924. The third kappa shape index (κ3) is 4.61. The molecule has 0 unspecified atom stereocenters. The Balaban J connectivity index is 1.58. The lowest BCUT2D eigenvalue weighted by atomic mass is 10.2. The molecular formula is C19H22ClN3O3S. The normalized spacial score (nSPS) is 14.9. The van der Waals surface area contributed by atoms with E-state index in [0.29, 0.717) is 29.5 Å². The van der Waals surface area contributed by atoms with Gasteiger partial charge in [-0.1, -0.05) is 17.7 Å². The molecule has 1 saturated heterocycles. The molecule has 1 aliphatic heterocycles. The van der Waals surface area contributed by atoms with Crippen LogP contribution >= 0.6 is 11.6 Å². The Morgan fingerprint density at radius 3 is 2.44 bits per heavy atom. The topological polar surface area (TPSA) is 78.5 Å². The van der Waals surface area contributed by atoms with Crippen LogP contribution in [0, 0.1) is 6.92 Å². The van der Waals surface area contributed by atoms with Crippen molar-refractivity contribution in [1.29, 1.82) is 0 Å². The smallest absolute Gasteiger partial charge is 0.243 e. The molecule has 1 fully saturated rings. The van der Waals surface area contributed by atoms with Gasteiger partial charge in [0.1, 0.15) is 0 Å². The van der Waals surface area contributed by atoms with Crippen LogP contribution in [-0.2, 0) is 14.8 Å². The lowest BCUT2D eigenvalue weighted by Gasteiger charge is -2.16. The van der Waals surface area contributed by atoms with Gasteiger partial charge in [0, 0.05) is 29.5 Å². The average Bonchev–Trinajstić information content (AvgIpc) is 3.20. The highest BCUT2D eigenvalue weighted by Crippen LogP contribution is 2.23. The summed E-state index contributed by atoms with van der Waals surface area (Å²) < 4.78 is 26.5. The van der Waals surface area contributed by atoms with E-state index in [4.69, 9.17) is 11.6 Å². The van der Waals surface area contributed by atoms with Gasteiger partial charge in [-0.25, -0.2) is 8.42 Å². The van der Waals surface area contributed by atoms with Gasteiger partial charge in [-0.2, -0.15) is 4.31 Å². The van der Waals surface area contributed by atoms with Crippen molar-refractivity contribution < 1.29 is 13.2 Å². The van der Waals surface area contributed by atoms with Gasteiger partial charge in [-0.3, -0.25) is 4.79 Å². The fraction of sp³-hybridized carbons (Fsp3) is 0.316. The first kappa shape index (κ1) is 19.7. The van der Waals surface area contributed by atoms with Crippen LogP contribution < -0.4 is 10.6 Å². The summed E-state index contributed by atoms with van der Waals surface area (Å²) in [6, 6.07) is 11.8. The minimum Gasteiger partial charge on any atom is -0.376 e. The number of rotatable bonds is 6. The summed E-state index contributed by atoms with van der Waals surface area (Å²) in [7, 11) is -3.42.